The molecule has 1 aliphatic rings. The summed E-state index contributed by atoms with van der Waals surface area (Å²) in [6.07, 6.45) is -2.35. The molecule has 0 unspecified atom stereocenters. The van der Waals surface area contributed by atoms with Crippen LogP contribution in [0, 0.1) is 0 Å². The van der Waals surface area contributed by atoms with Crippen molar-refractivity contribution in [2.75, 3.05) is 26.2 Å². The zero-order valence-electron chi connectivity index (χ0n) is 12.7. The van der Waals surface area contributed by atoms with Gasteiger partial charge in [-0.3, -0.25) is 4.90 Å². The number of alkyl halides is 2. The van der Waals surface area contributed by atoms with E-state index in [-0.39, 0.29) is 24.9 Å². The van der Waals surface area contributed by atoms with E-state index >= 15 is 0 Å². The average molecular weight is 319 g/mol. The van der Waals surface area contributed by atoms with Crippen molar-refractivity contribution in [3.63, 3.8) is 0 Å². The molecule has 1 heterocycles. The zero-order valence-corrected chi connectivity index (χ0v) is 13.5. The van der Waals surface area contributed by atoms with Crippen LogP contribution in [0.15, 0.2) is 24.3 Å². The lowest BCUT2D eigenvalue weighted by Crippen LogP contribution is -2.45. The van der Waals surface area contributed by atoms with Crippen LogP contribution < -0.4 is 5.32 Å². The molecule has 0 radical (unpaired) electrons. The van der Waals surface area contributed by atoms with Crippen LogP contribution in [0.2, 0.25) is 0 Å². The first-order valence-electron chi connectivity index (χ1n) is 7.40. The largest absolute Gasteiger partial charge is 0.314 e. The van der Waals surface area contributed by atoms with E-state index in [2.05, 4.69) is 36.2 Å². The third-order valence-electron chi connectivity index (χ3n) is 3.96. The highest BCUT2D eigenvalue weighted by Gasteiger charge is 2.25. The molecule has 120 valence electrons. The molecular weight excluding hydrogens is 294 g/mol. The summed E-state index contributed by atoms with van der Waals surface area (Å²) in [5.41, 5.74) is 2.25. The van der Waals surface area contributed by atoms with Crippen molar-refractivity contribution in [2.24, 2.45) is 0 Å². The van der Waals surface area contributed by atoms with E-state index in [1.807, 2.05) is 12.1 Å². The molecule has 2 nitrogen and oxygen atoms in total. The molecule has 1 aromatic rings. The number of nitrogens with zero attached hydrogens (tertiary/aromatic N) is 1. The van der Waals surface area contributed by atoms with Gasteiger partial charge in [0.2, 0.25) is 6.43 Å². The van der Waals surface area contributed by atoms with Crippen molar-refractivity contribution in [3.8, 4) is 0 Å². The van der Waals surface area contributed by atoms with Gasteiger partial charge in [0.05, 0.1) is 0 Å². The lowest BCUT2D eigenvalue weighted by atomic mass is 9.95. The second kappa shape index (κ2) is 8.66. The fourth-order valence-electron chi connectivity index (χ4n) is 2.78. The minimum atomic E-state index is -2.27. The van der Waals surface area contributed by atoms with Crippen LogP contribution in [0.25, 0.3) is 0 Å². The summed E-state index contributed by atoms with van der Waals surface area (Å²) in [7, 11) is 0. The van der Waals surface area contributed by atoms with Crippen LogP contribution >= 0.6 is 12.4 Å². The molecular formula is C16H25ClF2N2. The summed E-state index contributed by atoms with van der Waals surface area (Å²) in [4.78, 5) is 2.18. The molecule has 0 bridgehead atoms. The van der Waals surface area contributed by atoms with Gasteiger partial charge in [-0.25, -0.2) is 8.78 Å². The fraction of sp³-hybridized carbons (Fsp3) is 0.625. The van der Waals surface area contributed by atoms with Crippen molar-refractivity contribution in [1.82, 2.24) is 10.2 Å². The Bertz CT molecular complexity index is 420. The van der Waals surface area contributed by atoms with Crippen molar-refractivity contribution in [1.29, 1.82) is 0 Å². The van der Waals surface area contributed by atoms with Crippen LogP contribution in [-0.4, -0.2) is 37.5 Å². The molecule has 5 heteroatoms. The number of piperazine rings is 1. The molecule has 0 aliphatic carbocycles. The molecule has 0 amide bonds. The topological polar surface area (TPSA) is 15.3 Å². The molecule has 21 heavy (non-hydrogen) atoms. The fourth-order valence-corrected chi connectivity index (χ4v) is 2.78. The summed E-state index contributed by atoms with van der Waals surface area (Å²) in [5, 5.41) is 3.27. The van der Waals surface area contributed by atoms with Crippen molar-refractivity contribution < 1.29 is 8.78 Å². The number of benzene rings is 1. The van der Waals surface area contributed by atoms with E-state index in [1.54, 1.807) is 0 Å². The van der Waals surface area contributed by atoms with Gasteiger partial charge < -0.3 is 5.32 Å². The van der Waals surface area contributed by atoms with E-state index in [9.17, 15) is 8.78 Å². The Kier molecular flexibility index (Phi) is 7.57. The minimum absolute atomic E-state index is 0. The van der Waals surface area contributed by atoms with Gasteiger partial charge >= 0.3 is 0 Å². The Morgan fingerprint density at radius 2 is 1.76 bits per heavy atom. The molecule has 1 saturated heterocycles. The van der Waals surface area contributed by atoms with Gasteiger partial charge in [-0.2, -0.15) is 0 Å². The first kappa shape index (κ1) is 18.3. The normalized spacial score (nSPS) is 17.8. The van der Waals surface area contributed by atoms with Crippen LogP contribution in [0.4, 0.5) is 8.78 Å². The smallest absolute Gasteiger partial charge is 0.240 e. The van der Waals surface area contributed by atoms with E-state index in [0.29, 0.717) is 5.92 Å². The number of hydrogen-bond acceptors (Lipinski definition) is 2. The van der Waals surface area contributed by atoms with Crippen molar-refractivity contribution in [3.05, 3.63) is 35.4 Å². The van der Waals surface area contributed by atoms with Gasteiger partial charge in [0.25, 0.3) is 0 Å². The highest BCUT2D eigenvalue weighted by Crippen LogP contribution is 2.29. The Morgan fingerprint density at radius 3 is 2.33 bits per heavy atom. The van der Waals surface area contributed by atoms with E-state index in [4.69, 9.17) is 0 Å². The van der Waals surface area contributed by atoms with Crippen LogP contribution in [-0.2, 0) is 0 Å². The SMILES string of the molecule is CC(C)c1cccc([C@@H](CC(F)F)N2CCNCC2)c1.Cl. The van der Waals surface area contributed by atoms with Gasteiger partial charge in [0.1, 0.15) is 0 Å². The number of nitrogens with one attached hydrogen (secondary N) is 1. The van der Waals surface area contributed by atoms with Crippen LogP contribution in [0.1, 0.15) is 43.4 Å². The molecule has 1 N–H and O–H groups in total. The highest BCUT2D eigenvalue weighted by molar-refractivity contribution is 5.85. The second-order valence-corrected chi connectivity index (χ2v) is 5.75. The van der Waals surface area contributed by atoms with E-state index < -0.39 is 6.43 Å². The van der Waals surface area contributed by atoms with Crippen LogP contribution in [0.5, 0.6) is 0 Å². The highest BCUT2D eigenvalue weighted by atomic mass is 35.5. The van der Waals surface area contributed by atoms with Gasteiger partial charge in [-0.1, -0.05) is 38.1 Å². The van der Waals surface area contributed by atoms with Crippen LogP contribution in [0.3, 0.4) is 0 Å². The maximum absolute atomic E-state index is 12.9. The Balaban J connectivity index is 0.00000220. The molecule has 0 aromatic heterocycles. The quantitative estimate of drug-likeness (QED) is 0.887. The number of hydrogen-bond donors (Lipinski definition) is 1. The maximum atomic E-state index is 12.9. The number of halogens is 3. The predicted molar refractivity (Wildman–Crippen MR) is 85.6 cm³/mol. The zero-order chi connectivity index (χ0) is 14.5. The van der Waals surface area contributed by atoms with Gasteiger partial charge in [0.15, 0.2) is 0 Å². The molecule has 2 rings (SSSR count). The monoisotopic (exact) mass is 318 g/mol. The summed E-state index contributed by atoms with van der Waals surface area (Å²) in [6.45, 7) is 7.69. The average Bonchev–Trinajstić information content (AvgIpc) is 2.45. The van der Waals surface area contributed by atoms with E-state index in [0.717, 1.165) is 31.7 Å². The molecule has 1 aromatic carbocycles. The third kappa shape index (κ3) is 5.20. The minimum Gasteiger partial charge on any atom is -0.314 e. The predicted octanol–water partition coefficient (Wildman–Crippen LogP) is 3.83. The summed E-state index contributed by atoms with van der Waals surface area (Å²) < 4.78 is 25.9. The van der Waals surface area contributed by atoms with E-state index in [1.165, 1.54) is 5.56 Å². The maximum Gasteiger partial charge on any atom is 0.240 e. The van der Waals surface area contributed by atoms with Crippen molar-refractivity contribution >= 4 is 12.4 Å². The third-order valence-corrected chi connectivity index (χ3v) is 3.96. The molecule has 0 saturated carbocycles. The van der Waals surface area contributed by atoms with Gasteiger partial charge in [-0.05, 0) is 17.0 Å². The molecule has 0 spiro atoms. The second-order valence-electron chi connectivity index (χ2n) is 5.75. The molecule has 1 aliphatic heterocycles. The molecule has 1 atom stereocenters. The summed E-state index contributed by atoms with van der Waals surface area (Å²) in [5.74, 6) is 0.421. The number of rotatable bonds is 5. The van der Waals surface area contributed by atoms with Crippen molar-refractivity contribution in [2.45, 2.75) is 38.7 Å². The molecule has 1 fully saturated rings. The first-order chi connectivity index (χ1) is 9.58. The first-order valence-corrected chi connectivity index (χ1v) is 7.40. The summed E-state index contributed by atoms with van der Waals surface area (Å²) in [6, 6.07) is 7.98. The Labute approximate surface area is 132 Å². The summed E-state index contributed by atoms with van der Waals surface area (Å²) >= 11 is 0. The Morgan fingerprint density at radius 1 is 1.14 bits per heavy atom. The Hall–Kier alpha value is -0.710. The lowest BCUT2D eigenvalue weighted by molar-refractivity contribution is 0.0739. The van der Waals surface area contributed by atoms with Gasteiger partial charge in [0, 0.05) is 38.6 Å². The van der Waals surface area contributed by atoms with Gasteiger partial charge in [-0.15, -0.1) is 12.4 Å². The standard InChI is InChI=1S/C16H24F2N2.ClH/c1-12(2)13-4-3-5-14(10-13)15(11-16(17)18)20-8-6-19-7-9-20;/h3-5,10,12,15-16,19H,6-9,11H2,1-2H3;1H/t15-;/m1./s1. The lowest BCUT2D eigenvalue weighted by Gasteiger charge is -2.35.